The van der Waals surface area contributed by atoms with E-state index in [0.29, 0.717) is 6.04 Å². The lowest BCUT2D eigenvalue weighted by Crippen LogP contribution is -2.47. The minimum absolute atomic E-state index is 0.248. The SMILES string of the molecule is CCNC1CCC(C(C)C)CC1Oc1cccc(OC)c1. The van der Waals surface area contributed by atoms with E-state index in [9.17, 15) is 0 Å². The quantitative estimate of drug-likeness (QED) is 0.863. The van der Waals surface area contributed by atoms with Crippen molar-refractivity contribution in [2.75, 3.05) is 13.7 Å². The lowest BCUT2D eigenvalue weighted by atomic mass is 9.78. The standard InChI is InChI=1S/C18H29NO2/c1-5-19-17-10-9-14(13(2)3)11-18(17)21-16-8-6-7-15(12-16)20-4/h6-8,12-14,17-19H,5,9-11H2,1-4H3. The highest BCUT2D eigenvalue weighted by molar-refractivity contribution is 5.33. The molecule has 0 heterocycles. The van der Waals surface area contributed by atoms with Gasteiger partial charge in [0.15, 0.2) is 0 Å². The molecule has 21 heavy (non-hydrogen) atoms. The first-order valence-electron chi connectivity index (χ1n) is 8.18. The van der Waals surface area contributed by atoms with Gasteiger partial charge in [0.2, 0.25) is 0 Å². The third kappa shape index (κ3) is 4.37. The molecule has 2 rings (SSSR count). The Morgan fingerprint density at radius 2 is 2.00 bits per heavy atom. The molecule has 0 radical (unpaired) electrons. The molecule has 0 saturated heterocycles. The summed E-state index contributed by atoms with van der Waals surface area (Å²) in [4.78, 5) is 0. The molecule has 3 nitrogen and oxygen atoms in total. The Bertz CT molecular complexity index is 433. The Morgan fingerprint density at radius 1 is 1.24 bits per heavy atom. The van der Waals surface area contributed by atoms with Gasteiger partial charge in [0, 0.05) is 12.1 Å². The second-order valence-corrected chi connectivity index (χ2v) is 6.32. The largest absolute Gasteiger partial charge is 0.497 e. The summed E-state index contributed by atoms with van der Waals surface area (Å²) < 4.78 is 11.6. The van der Waals surface area contributed by atoms with E-state index in [-0.39, 0.29) is 6.10 Å². The molecule has 1 aromatic rings. The van der Waals surface area contributed by atoms with Gasteiger partial charge >= 0.3 is 0 Å². The number of methoxy groups -OCH3 is 1. The fourth-order valence-corrected chi connectivity index (χ4v) is 3.24. The van der Waals surface area contributed by atoms with Crippen LogP contribution in [0, 0.1) is 11.8 Å². The van der Waals surface area contributed by atoms with Gasteiger partial charge in [-0.2, -0.15) is 0 Å². The maximum absolute atomic E-state index is 6.30. The van der Waals surface area contributed by atoms with Gasteiger partial charge in [-0.1, -0.05) is 26.8 Å². The predicted octanol–water partition coefficient (Wildman–Crippen LogP) is 3.88. The van der Waals surface area contributed by atoms with E-state index in [1.54, 1.807) is 7.11 Å². The molecule has 1 aliphatic rings. The van der Waals surface area contributed by atoms with Crippen molar-refractivity contribution >= 4 is 0 Å². The Kier molecular flexibility index (Phi) is 5.92. The van der Waals surface area contributed by atoms with Crippen molar-refractivity contribution in [3.05, 3.63) is 24.3 Å². The van der Waals surface area contributed by atoms with Crippen molar-refractivity contribution in [1.29, 1.82) is 0 Å². The molecule has 0 amide bonds. The monoisotopic (exact) mass is 291 g/mol. The molecule has 1 fully saturated rings. The molecular weight excluding hydrogens is 262 g/mol. The van der Waals surface area contributed by atoms with Gasteiger partial charge in [-0.25, -0.2) is 0 Å². The Morgan fingerprint density at radius 3 is 2.67 bits per heavy atom. The predicted molar refractivity (Wildman–Crippen MR) is 87.1 cm³/mol. The van der Waals surface area contributed by atoms with Gasteiger partial charge in [0.1, 0.15) is 17.6 Å². The molecule has 3 heteroatoms. The average molecular weight is 291 g/mol. The van der Waals surface area contributed by atoms with Crippen LogP contribution in [0.25, 0.3) is 0 Å². The molecule has 1 N–H and O–H groups in total. The van der Waals surface area contributed by atoms with Crippen LogP contribution in [0.1, 0.15) is 40.0 Å². The number of nitrogens with one attached hydrogen (secondary N) is 1. The summed E-state index contributed by atoms with van der Waals surface area (Å²) in [6.45, 7) is 7.80. The van der Waals surface area contributed by atoms with Crippen LogP contribution in [-0.4, -0.2) is 25.8 Å². The molecule has 0 aliphatic heterocycles. The normalized spacial score (nSPS) is 25.9. The van der Waals surface area contributed by atoms with Gasteiger partial charge < -0.3 is 14.8 Å². The van der Waals surface area contributed by atoms with Crippen molar-refractivity contribution in [1.82, 2.24) is 5.32 Å². The van der Waals surface area contributed by atoms with Crippen LogP contribution in [0.15, 0.2) is 24.3 Å². The fraction of sp³-hybridized carbons (Fsp3) is 0.667. The van der Waals surface area contributed by atoms with Crippen LogP contribution < -0.4 is 14.8 Å². The molecular formula is C18H29NO2. The molecule has 3 atom stereocenters. The second-order valence-electron chi connectivity index (χ2n) is 6.32. The van der Waals surface area contributed by atoms with Gasteiger partial charge in [0.05, 0.1) is 7.11 Å². The zero-order valence-electron chi connectivity index (χ0n) is 13.8. The van der Waals surface area contributed by atoms with E-state index >= 15 is 0 Å². The van der Waals surface area contributed by atoms with Crippen molar-refractivity contribution < 1.29 is 9.47 Å². The fourth-order valence-electron chi connectivity index (χ4n) is 3.24. The van der Waals surface area contributed by atoms with E-state index in [4.69, 9.17) is 9.47 Å². The number of hydrogen-bond acceptors (Lipinski definition) is 3. The molecule has 3 unspecified atom stereocenters. The highest BCUT2D eigenvalue weighted by atomic mass is 16.5. The highest BCUT2D eigenvalue weighted by Crippen LogP contribution is 2.33. The Labute approximate surface area is 129 Å². The Balaban J connectivity index is 2.07. The van der Waals surface area contributed by atoms with Crippen LogP contribution in [0.4, 0.5) is 0 Å². The minimum Gasteiger partial charge on any atom is -0.497 e. The van der Waals surface area contributed by atoms with Crippen molar-refractivity contribution in [2.24, 2.45) is 11.8 Å². The van der Waals surface area contributed by atoms with E-state index in [0.717, 1.165) is 36.3 Å². The number of likely N-dealkylation sites (N-methyl/N-ethyl adjacent to an activating group) is 1. The topological polar surface area (TPSA) is 30.5 Å². The minimum atomic E-state index is 0.248. The molecule has 0 aromatic heterocycles. The summed E-state index contributed by atoms with van der Waals surface area (Å²) in [5, 5.41) is 3.59. The summed E-state index contributed by atoms with van der Waals surface area (Å²) in [7, 11) is 1.69. The van der Waals surface area contributed by atoms with Gasteiger partial charge in [-0.3, -0.25) is 0 Å². The number of hydrogen-bond donors (Lipinski definition) is 1. The van der Waals surface area contributed by atoms with Crippen LogP contribution >= 0.6 is 0 Å². The number of rotatable bonds is 6. The van der Waals surface area contributed by atoms with Crippen LogP contribution in [-0.2, 0) is 0 Å². The summed E-state index contributed by atoms with van der Waals surface area (Å²) >= 11 is 0. The number of benzene rings is 1. The third-order valence-electron chi connectivity index (χ3n) is 4.57. The van der Waals surface area contributed by atoms with Gasteiger partial charge in [0.25, 0.3) is 0 Å². The zero-order chi connectivity index (χ0) is 15.2. The molecule has 1 aliphatic carbocycles. The second kappa shape index (κ2) is 7.69. The summed E-state index contributed by atoms with van der Waals surface area (Å²) in [5.41, 5.74) is 0. The summed E-state index contributed by atoms with van der Waals surface area (Å²) in [5.74, 6) is 3.25. The van der Waals surface area contributed by atoms with Crippen molar-refractivity contribution in [2.45, 2.75) is 52.2 Å². The molecule has 118 valence electrons. The Hall–Kier alpha value is -1.22. The maximum atomic E-state index is 6.30. The maximum Gasteiger partial charge on any atom is 0.123 e. The van der Waals surface area contributed by atoms with Crippen molar-refractivity contribution in [3.8, 4) is 11.5 Å². The summed E-state index contributed by atoms with van der Waals surface area (Å²) in [6.07, 6.45) is 3.88. The van der Waals surface area contributed by atoms with Crippen molar-refractivity contribution in [3.63, 3.8) is 0 Å². The molecule has 0 spiro atoms. The lowest BCUT2D eigenvalue weighted by molar-refractivity contribution is 0.0724. The number of ether oxygens (including phenoxy) is 2. The molecule has 1 aromatic carbocycles. The summed E-state index contributed by atoms with van der Waals surface area (Å²) in [6, 6.07) is 8.38. The third-order valence-corrected chi connectivity index (χ3v) is 4.57. The van der Waals surface area contributed by atoms with E-state index in [1.807, 2.05) is 24.3 Å². The smallest absolute Gasteiger partial charge is 0.123 e. The van der Waals surface area contributed by atoms with E-state index in [1.165, 1.54) is 12.8 Å². The van der Waals surface area contributed by atoms with E-state index < -0.39 is 0 Å². The zero-order valence-corrected chi connectivity index (χ0v) is 13.8. The van der Waals surface area contributed by atoms with Gasteiger partial charge in [-0.15, -0.1) is 0 Å². The molecule has 1 saturated carbocycles. The first kappa shape index (κ1) is 16.2. The van der Waals surface area contributed by atoms with Crippen LogP contribution in [0.2, 0.25) is 0 Å². The first-order valence-corrected chi connectivity index (χ1v) is 8.18. The first-order chi connectivity index (χ1) is 10.1. The highest BCUT2D eigenvalue weighted by Gasteiger charge is 2.32. The van der Waals surface area contributed by atoms with Gasteiger partial charge in [-0.05, 0) is 49.8 Å². The van der Waals surface area contributed by atoms with Crippen LogP contribution in [0.3, 0.4) is 0 Å². The average Bonchev–Trinajstić information content (AvgIpc) is 2.49. The molecule has 0 bridgehead atoms. The van der Waals surface area contributed by atoms with Crippen LogP contribution in [0.5, 0.6) is 11.5 Å². The van der Waals surface area contributed by atoms with E-state index in [2.05, 4.69) is 26.1 Å². The lowest BCUT2D eigenvalue weighted by Gasteiger charge is -2.38.